The number of halogens is 2. The number of amides is 2. The second-order valence-electron chi connectivity index (χ2n) is 10.0. The summed E-state index contributed by atoms with van der Waals surface area (Å²) in [5.41, 5.74) is 3.35. The Kier molecular flexibility index (Phi) is 6.18. The van der Waals surface area contributed by atoms with Crippen molar-refractivity contribution >= 4 is 22.8 Å². The van der Waals surface area contributed by atoms with Gasteiger partial charge in [-0.05, 0) is 97.1 Å². The number of carbonyl (C=O) groups excluding carboxylic acids is 2. The summed E-state index contributed by atoms with van der Waals surface area (Å²) in [7, 11) is 1.52. The number of nitrogens with one attached hydrogen (secondary N) is 2. The molecule has 2 aromatic heterocycles. The fourth-order valence-corrected chi connectivity index (χ4v) is 5.08. The number of furan rings is 1. The molecule has 1 aliphatic rings. The van der Waals surface area contributed by atoms with Gasteiger partial charge in [0.1, 0.15) is 23.0 Å². The molecule has 1 fully saturated rings. The fraction of sp³-hybridized carbons (Fsp3) is 0.156. The van der Waals surface area contributed by atoms with E-state index in [9.17, 15) is 14.0 Å². The molecular weight excluding hydrogens is 512 g/mol. The van der Waals surface area contributed by atoms with Crippen LogP contribution in [0.3, 0.4) is 0 Å². The molecule has 0 aliphatic heterocycles. The first-order valence-corrected chi connectivity index (χ1v) is 12.9. The van der Waals surface area contributed by atoms with Crippen molar-refractivity contribution in [3.63, 3.8) is 0 Å². The molecule has 0 atom stereocenters. The molecule has 5 aromatic rings. The molecule has 6 rings (SSSR count). The van der Waals surface area contributed by atoms with Gasteiger partial charge in [0.05, 0.1) is 22.4 Å². The van der Waals surface area contributed by atoms with Crippen LogP contribution in [0, 0.1) is 18.6 Å². The van der Waals surface area contributed by atoms with Gasteiger partial charge < -0.3 is 15.1 Å². The predicted octanol–water partition coefficient (Wildman–Crippen LogP) is 6.53. The van der Waals surface area contributed by atoms with Crippen molar-refractivity contribution in [3.05, 3.63) is 113 Å². The predicted molar refractivity (Wildman–Crippen MR) is 148 cm³/mol. The fourth-order valence-electron chi connectivity index (χ4n) is 5.08. The second-order valence-corrected chi connectivity index (χ2v) is 10.0. The molecule has 1 aliphatic carbocycles. The monoisotopic (exact) mass is 537 g/mol. The number of pyridine rings is 1. The number of hydrogen-bond acceptors (Lipinski definition) is 4. The van der Waals surface area contributed by atoms with Crippen molar-refractivity contribution in [1.82, 2.24) is 15.6 Å². The number of fused-ring (bicyclic) bond motifs is 1. The Morgan fingerprint density at radius 2 is 1.68 bits per heavy atom. The minimum absolute atomic E-state index is 0.0753. The highest BCUT2D eigenvalue weighted by atomic mass is 19.1. The second kappa shape index (κ2) is 9.72. The van der Waals surface area contributed by atoms with Crippen LogP contribution in [-0.4, -0.2) is 23.8 Å². The zero-order valence-corrected chi connectivity index (χ0v) is 21.8. The maximum atomic E-state index is 15.1. The van der Waals surface area contributed by atoms with E-state index in [2.05, 4.69) is 15.6 Å². The number of hydrogen-bond donors (Lipinski definition) is 2. The summed E-state index contributed by atoms with van der Waals surface area (Å²) in [4.78, 5) is 30.6. The largest absolute Gasteiger partial charge is 0.455 e. The highest BCUT2D eigenvalue weighted by molar-refractivity contribution is 6.12. The number of rotatable bonds is 6. The molecule has 1 saturated carbocycles. The van der Waals surface area contributed by atoms with E-state index in [0.29, 0.717) is 44.5 Å². The average Bonchev–Trinajstić information content (AvgIpc) is 3.64. The zero-order chi connectivity index (χ0) is 28.0. The smallest absolute Gasteiger partial charge is 0.255 e. The van der Waals surface area contributed by atoms with E-state index in [1.54, 1.807) is 43.5 Å². The van der Waals surface area contributed by atoms with Crippen LogP contribution in [0.5, 0.6) is 0 Å². The average molecular weight is 538 g/mol. The molecule has 0 saturated heterocycles. The third-order valence-electron chi connectivity index (χ3n) is 7.38. The maximum Gasteiger partial charge on any atom is 0.255 e. The summed E-state index contributed by atoms with van der Waals surface area (Å²) in [6.07, 6.45) is 3.13. The molecule has 0 radical (unpaired) electrons. The lowest BCUT2D eigenvalue weighted by atomic mass is 9.95. The number of aryl methyl sites for hydroxylation is 1. The number of nitrogens with zero attached hydrogens (tertiary/aromatic N) is 1. The van der Waals surface area contributed by atoms with E-state index >= 15 is 4.39 Å². The van der Waals surface area contributed by atoms with E-state index in [1.807, 2.05) is 18.2 Å². The van der Waals surface area contributed by atoms with Gasteiger partial charge in [0.25, 0.3) is 11.8 Å². The summed E-state index contributed by atoms with van der Waals surface area (Å²) in [6.45, 7) is 1.76. The van der Waals surface area contributed by atoms with E-state index < -0.39 is 23.1 Å². The van der Waals surface area contributed by atoms with E-state index in [4.69, 9.17) is 4.42 Å². The van der Waals surface area contributed by atoms with Crippen LogP contribution in [0.1, 0.15) is 44.8 Å². The highest BCUT2D eigenvalue weighted by Crippen LogP contribution is 2.45. The van der Waals surface area contributed by atoms with Gasteiger partial charge in [-0.15, -0.1) is 0 Å². The molecule has 200 valence electrons. The Balaban J connectivity index is 1.41. The Labute approximate surface area is 229 Å². The molecule has 8 heteroatoms. The number of aromatic nitrogens is 1. The van der Waals surface area contributed by atoms with Gasteiger partial charge in [-0.2, -0.15) is 0 Å². The van der Waals surface area contributed by atoms with Crippen LogP contribution < -0.4 is 10.6 Å². The Morgan fingerprint density at radius 3 is 2.35 bits per heavy atom. The van der Waals surface area contributed by atoms with Crippen molar-refractivity contribution in [2.24, 2.45) is 0 Å². The van der Waals surface area contributed by atoms with Gasteiger partial charge >= 0.3 is 0 Å². The first kappa shape index (κ1) is 25.4. The van der Waals surface area contributed by atoms with E-state index in [1.165, 1.54) is 31.3 Å². The third kappa shape index (κ3) is 4.41. The zero-order valence-electron chi connectivity index (χ0n) is 21.8. The van der Waals surface area contributed by atoms with E-state index in [0.717, 1.165) is 18.5 Å². The topological polar surface area (TPSA) is 84.2 Å². The van der Waals surface area contributed by atoms with Crippen molar-refractivity contribution in [1.29, 1.82) is 0 Å². The van der Waals surface area contributed by atoms with Crippen LogP contribution in [0.15, 0.2) is 83.4 Å². The van der Waals surface area contributed by atoms with Gasteiger partial charge in [0, 0.05) is 24.2 Å². The minimum atomic E-state index is -0.621. The Bertz CT molecular complexity index is 1780. The van der Waals surface area contributed by atoms with Gasteiger partial charge in [-0.3, -0.25) is 14.6 Å². The van der Waals surface area contributed by atoms with Gasteiger partial charge in [-0.25, -0.2) is 8.78 Å². The standard InChI is InChI=1S/C32H25F2N3O3/c1-18-15-25(34)23(30(38)37-32(12-13-32)27-5-3-4-14-36-27)17-22(18)20-8-11-26-24(16-20)28(31(39)35-2)29(40-26)19-6-9-21(33)10-7-19/h3-11,14-17H,12-13H2,1-2H3,(H,35,39)(H,37,38). The highest BCUT2D eigenvalue weighted by Gasteiger charge is 2.47. The first-order chi connectivity index (χ1) is 19.3. The molecule has 2 heterocycles. The number of benzene rings is 3. The number of carbonyl (C=O) groups is 2. The SMILES string of the molecule is CNC(=O)c1c(-c2ccc(F)cc2)oc2ccc(-c3cc(C(=O)NC4(c5ccccn5)CC4)c(F)cc3C)cc12. The van der Waals surface area contributed by atoms with Crippen LogP contribution in [-0.2, 0) is 5.54 Å². The van der Waals surface area contributed by atoms with Crippen molar-refractivity contribution in [3.8, 4) is 22.5 Å². The molecule has 2 amide bonds. The van der Waals surface area contributed by atoms with Crippen molar-refractivity contribution in [2.45, 2.75) is 25.3 Å². The third-order valence-corrected chi connectivity index (χ3v) is 7.38. The van der Waals surface area contributed by atoms with Crippen LogP contribution >= 0.6 is 0 Å². The molecule has 0 spiro atoms. The van der Waals surface area contributed by atoms with Crippen LogP contribution in [0.25, 0.3) is 33.4 Å². The molecule has 0 bridgehead atoms. The van der Waals surface area contributed by atoms with Gasteiger partial charge in [0.15, 0.2) is 0 Å². The first-order valence-electron chi connectivity index (χ1n) is 12.9. The Morgan fingerprint density at radius 1 is 0.925 bits per heavy atom. The van der Waals surface area contributed by atoms with Crippen LogP contribution in [0.4, 0.5) is 8.78 Å². The molecule has 40 heavy (non-hydrogen) atoms. The van der Waals surface area contributed by atoms with E-state index in [-0.39, 0.29) is 11.5 Å². The summed E-state index contributed by atoms with van der Waals surface area (Å²) in [6, 6.07) is 19.4. The van der Waals surface area contributed by atoms with Gasteiger partial charge in [-0.1, -0.05) is 12.1 Å². The minimum Gasteiger partial charge on any atom is -0.455 e. The maximum absolute atomic E-state index is 15.1. The quantitative estimate of drug-likeness (QED) is 0.258. The lowest BCUT2D eigenvalue weighted by Crippen LogP contribution is -2.36. The summed E-state index contributed by atoms with van der Waals surface area (Å²) >= 11 is 0. The summed E-state index contributed by atoms with van der Waals surface area (Å²) < 4.78 is 34.7. The lowest BCUT2D eigenvalue weighted by Gasteiger charge is -2.18. The molecule has 3 aromatic carbocycles. The van der Waals surface area contributed by atoms with Crippen molar-refractivity contribution in [2.75, 3.05) is 7.05 Å². The molecule has 2 N–H and O–H groups in total. The van der Waals surface area contributed by atoms with Crippen molar-refractivity contribution < 1.29 is 22.8 Å². The van der Waals surface area contributed by atoms with Crippen LogP contribution in [0.2, 0.25) is 0 Å². The molecule has 0 unspecified atom stereocenters. The normalized spacial score (nSPS) is 13.7. The summed E-state index contributed by atoms with van der Waals surface area (Å²) in [5, 5.41) is 6.17. The molecule has 6 nitrogen and oxygen atoms in total. The Hall–Kier alpha value is -4.85. The summed E-state index contributed by atoms with van der Waals surface area (Å²) in [5.74, 6) is -1.59. The van der Waals surface area contributed by atoms with Gasteiger partial charge in [0.2, 0.25) is 0 Å². The molecular formula is C32H25F2N3O3. The lowest BCUT2D eigenvalue weighted by molar-refractivity contribution is 0.0924.